The second-order valence-corrected chi connectivity index (χ2v) is 23.0. The summed E-state index contributed by atoms with van der Waals surface area (Å²) in [6, 6.07) is 0. The van der Waals surface area contributed by atoms with Crippen LogP contribution in [0.2, 0.25) is 0 Å². The van der Waals surface area contributed by atoms with Gasteiger partial charge in [0.15, 0.2) is 6.10 Å². The van der Waals surface area contributed by atoms with E-state index in [1.807, 2.05) is 0 Å². The summed E-state index contributed by atoms with van der Waals surface area (Å²) in [4.78, 5) is 48.8. The molecule has 3 unspecified atom stereocenters. The van der Waals surface area contributed by atoms with Crippen LogP contribution >= 0.6 is 7.82 Å². The Morgan fingerprint density at radius 1 is 0.362 bits per heavy atom. The highest BCUT2D eigenvalue weighted by molar-refractivity contribution is 7.47. The Morgan fingerprint density at radius 3 is 1.04 bits per heavy atom. The van der Waals surface area contributed by atoms with Gasteiger partial charge >= 0.3 is 25.7 Å². The molecule has 3 atom stereocenters. The number of esters is 3. The predicted molar refractivity (Wildman–Crippen MR) is 334 cm³/mol. The summed E-state index contributed by atoms with van der Waals surface area (Å²) in [6.07, 6.45) is 72.4. The van der Waals surface area contributed by atoms with Crippen molar-refractivity contribution >= 4 is 25.7 Å². The molecular weight excluding hydrogens is 1020 g/mol. The Balaban J connectivity index is 4.74. The number of hydrogen-bond donors (Lipinski definition) is 2. The fourth-order valence-electron chi connectivity index (χ4n) is 8.84. The molecule has 0 fully saturated rings. The fourth-order valence-corrected chi connectivity index (χ4v) is 9.63. The lowest BCUT2D eigenvalue weighted by Crippen LogP contribution is -2.30. The van der Waals surface area contributed by atoms with Crippen LogP contribution in [0.5, 0.6) is 0 Å². The Morgan fingerprint density at radius 2 is 0.650 bits per heavy atom. The summed E-state index contributed by atoms with van der Waals surface area (Å²) in [6.45, 7) is 4.50. The fraction of sp³-hybridized carbons (Fsp3) is 0.750. The third kappa shape index (κ3) is 59.3. The average Bonchev–Trinajstić information content (AvgIpc) is 3.45. The average molecular weight is 1140 g/mol. The van der Waals surface area contributed by atoms with Crippen molar-refractivity contribution in [1.29, 1.82) is 0 Å². The number of phosphoric ester groups is 1. The first-order valence-electron chi connectivity index (χ1n) is 32.5. The minimum Gasteiger partial charge on any atom is -0.462 e. The van der Waals surface area contributed by atoms with Gasteiger partial charge in [0, 0.05) is 19.3 Å². The summed E-state index contributed by atoms with van der Waals surface area (Å²) in [5, 5.41) is 9.85. The van der Waals surface area contributed by atoms with Crippen LogP contribution < -0.4 is 0 Å². The van der Waals surface area contributed by atoms with E-state index in [1.54, 1.807) is 0 Å². The van der Waals surface area contributed by atoms with Gasteiger partial charge < -0.3 is 24.2 Å². The van der Waals surface area contributed by atoms with E-state index < -0.39 is 57.8 Å². The van der Waals surface area contributed by atoms with Gasteiger partial charge in [-0.2, -0.15) is 0 Å². The van der Waals surface area contributed by atoms with Gasteiger partial charge in [0.05, 0.1) is 19.8 Å². The maximum Gasteiger partial charge on any atom is 0.472 e. The molecule has 0 aromatic heterocycles. The van der Waals surface area contributed by atoms with Crippen LogP contribution in [-0.4, -0.2) is 66.5 Å². The molecule has 12 heteroatoms. The van der Waals surface area contributed by atoms with Crippen LogP contribution in [0.25, 0.3) is 0 Å². The largest absolute Gasteiger partial charge is 0.472 e. The van der Waals surface area contributed by atoms with Crippen molar-refractivity contribution in [2.75, 3.05) is 26.4 Å². The number of carbonyl (C=O) groups excluding carboxylic acids is 3. The summed E-state index contributed by atoms with van der Waals surface area (Å²) in [7, 11) is -4.76. The first-order chi connectivity index (χ1) is 39.2. The van der Waals surface area contributed by atoms with E-state index in [4.69, 9.17) is 23.3 Å². The van der Waals surface area contributed by atoms with Crippen LogP contribution in [0.4, 0.5) is 0 Å². The molecule has 0 amide bonds. The molecule has 0 spiro atoms. The molecule has 0 bridgehead atoms. The second kappa shape index (κ2) is 61.7. The number of carbonyl (C=O) groups is 3. The SMILES string of the molecule is CC/C=C\C/C=C\C/C=C\CCCCCCCC(=O)OC(CO)COP(=O)(O)OCC(COC(=O)CCCCCCCC/C=C\C/C=C\C/C=C\CCCCC)OC(=O)CCCCCCCCCCC/C=C\CCCCCCCC. The highest BCUT2D eigenvalue weighted by Gasteiger charge is 2.28. The maximum absolute atomic E-state index is 13.0. The Hall–Kier alpha value is -3.34. The molecule has 80 heavy (non-hydrogen) atoms. The number of aliphatic hydroxyl groups excluding tert-OH is 1. The molecule has 0 heterocycles. The van der Waals surface area contributed by atoms with Crippen LogP contribution in [-0.2, 0) is 42.2 Å². The predicted octanol–water partition coefficient (Wildman–Crippen LogP) is 19.8. The van der Waals surface area contributed by atoms with E-state index in [2.05, 4.69) is 106 Å². The number of hydrogen-bond acceptors (Lipinski definition) is 10. The standard InChI is InChI=1S/C68H119O11P/c1-4-7-10-13-16-19-22-25-28-30-32-34-37-39-42-45-48-51-54-57-66(70)75-61-65(79-68(72)59-56-53-50-47-44-41-38-35-33-31-29-26-23-20-17-14-11-8-5-2)63-77-80(73,74)76-62-64(60-69)78-67(71)58-55-52-49-46-43-40-36-27-24-21-18-15-12-9-6-3/h9,12,16,18-19,21,25-29,32,34,36,64-65,69H,4-8,10-11,13-15,17,20,22-24,30-31,33,35,37-63H2,1-3H3,(H,73,74)/b12-9-,19-16-,21-18-,28-25-,29-26-,34-32-,36-27-. The van der Waals surface area contributed by atoms with Crippen LogP contribution in [0.1, 0.15) is 290 Å². The van der Waals surface area contributed by atoms with Gasteiger partial charge in [0.2, 0.25) is 0 Å². The second-order valence-electron chi connectivity index (χ2n) is 21.5. The molecule has 462 valence electrons. The van der Waals surface area contributed by atoms with Crippen molar-refractivity contribution in [2.24, 2.45) is 0 Å². The van der Waals surface area contributed by atoms with Gasteiger partial charge in [-0.25, -0.2) is 4.57 Å². The van der Waals surface area contributed by atoms with E-state index in [0.29, 0.717) is 19.3 Å². The van der Waals surface area contributed by atoms with Crippen LogP contribution in [0, 0.1) is 0 Å². The zero-order valence-corrected chi connectivity index (χ0v) is 52.2. The number of aliphatic hydroxyl groups is 1. The molecule has 0 aromatic rings. The maximum atomic E-state index is 13.0. The smallest absolute Gasteiger partial charge is 0.462 e. The quantitative estimate of drug-likeness (QED) is 0.0197. The Labute approximate surface area is 490 Å². The number of unbranched alkanes of at least 4 members (excludes halogenated alkanes) is 29. The summed E-state index contributed by atoms with van der Waals surface area (Å²) >= 11 is 0. The summed E-state index contributed by atoms with van der Waals surface area (Å²) < 4.78 is 39.7. The molecule has 0 aliphatic heterocycles. The number of allylic oxidation sites excluding steroid dienone is 14. The number of ether oxygens (including phenoxy) is 3. The van der Waals surface area contributed by atoms with Gasteiger partial charge in [-0.15, -0.1) is 0 Å². The van der Waals surface area contributed by atoms with E-state index in [0.717, 1.165) is 122 Å². The zero-order valence-electron chi connectivity index (χ0n) is 51.3. The van der Waals surface area contributed by atoms with Gasteiger partial charge in [0.1, 0.15) is 12.7 Å². The molecule has 0 aromatic carbocycles. The highest BCUT2D eigenvalue weighted by Crippen LogP contribution is 2.43. The Kier molecular flexibility index (Phi) is 59.1. The van der Waals surface area contributed by atoms with Gasteiger partial charge in [-0.05, 0) is 116 Å². The molecule has 0 saturated carbocycles. The molecule has 0 aliphatic rings. The lowest BCUT2D eigenvalue weighted by Gasteiger charge is -2.21. The van der Waals surface area contributed by atoms with Crippen molar-refractivity contribution in [3.8, 4) is 0 Å². The van der Waals surface area contributed by atoms with Gasteiger partial charge in [-0.3, -0.25) is 23.4 Å². The third-order valence-electron chi connectivity index (χ3n) is 13.8. The topological polar surface area (TPSA) is 155 Å². The number of rotatable bonds is 60. The Bertz CT molecular complexity index is 1670. The lowest BCUT2D eigenvalue weighted by atomic mass is 10.1. The van der Waals surface area contributed by atoms with E-state index in [1.165, 1.54) is 109 Å². The minimum atomic E-state index is -4.76. The highest BCUT2D eigenvalue weighted by atomic mass is 31.2. The van der Waals surface area contributed by atoms with Crippen molar-refractivity contribution < 1.29 is 52.2 Å². The van der Waals surface area contributed by atoms with Gasteiger partial charge in [-0.1, -0.05) is 241 Å². The lowest BCUT2D eigenvalue weighted by molar-refractivity contribution is -0.161. The summed E-state index contributed by atoms with van der Waals surface area (Å²) in [5.74, 6) is -1.49. The van der Waals surface area contributed by atoms with Crippen molar-refractivity contribution in [3.05, 3.63) is 85.1 Å². The van der Waals surface area contributed by atoms with Crippen molar-refractivity contribution in [1.82, 2.24) is 0 Å². The van der Waals surface area contributed by atoms with E-state index >= 15 is 0 Å². The summed E-state index contributed by atoms with van der Waals surface area (Å²) in [5.41, 5.74) is 0. The normalized spacial score (nSPS) is 13.8. The minimum absolute atomic E-state index is 0.155. The monoisotopic (exact) mass is 1140 g/mol. The van der Waals surface area contributed by atoms with Crippen LogP contribution in [0.15, 0.2) is 85.1 Å². The van der Waals surface area contributed by atoms with Crippen LogP contribution in [0.3, 0.4) is 0 Å². The molecular formula is C68H119O11P. The van der Waals surface area contributed by atoms with Gasteiger partial charge in [0.25, 0.3) is 0 Å². The first-order valence-corrected chi connectivity index (χ1v) is 34.0. The molecule has 0 rings (SSSR count). The molecule has 11 nitrogen and oxygen atoms in total. The zero-order chi connectivity index (χ0) is 58.3. The molecule has 0 radical (unpaired) electrons. The van der Waals surface area contributed by atoms with E-state index in [9.17, 15) is 28.9 Å². The molecule has 0 aliphatic carbocycles. The molecule has 2 N–H and O–H groups in total. The van der Waals surface area contributed by atoms with Crippen molar-refractivity contribution in [2.45, 2.75) is 303 Å². The number of phosphoric acid groups is 1. The van der Waals surface area contributed by atoms with E-state index in [-0.39, 0.29) is 25.9 Å². The molecule has 0 saturated heterocycles. The first kappa shape index (κ1) is 76.7. The van der Waals surface area contributed by atoms with Crippen molar-refractivity contribution in [3.63, 3.8) is 0 Å². The third-order valence-corrected chi connectivity index (χ3v) is 14.7.